The van der Waals surface area contributed by atoms with Gasteiger partial charge in [-0.05, 0) is 27.7 Å². The number of aliphatic hydroxyl groups excluding tert-OH is 1. The fraction of sp³-hybridized carbons (Fsp3) is 0.909. The van der Waals surface area contributed by atoms with Crippen molar-refractivity contribution in [3.05, 3.63) is 0 Å². The number of ether oxygens (including phenoxy) is 1. The van der Waals surface area contributed by atoms with Crippen molar-refractivity contribution in [2.24, 2.45) is 0 Å². The van der Waals surface area contributed by atoms with Crippen LogP contribution < -0.4 is 5.32 Å². The lowest BCUT2D eigenvalue weighted by Gasteiger charge is -2.27. The van der Waals surface area contributed by atoms with Gasteiger partial charge in [-0.3, -0.25) is 4.79 Å². The highest BCUT2D eigenvalue weighted by molar-refractivity contribution is 5.76. The number of carbonyl (C=O) groups is 1. The standard InChI is InChI=1S/C11H23NO3/c1-7(2)12-9(8(3)13)10(14)15-11(4,5)6/h7-9,12-13H,1-6H3/t8-,9+/m1/s1. The molecule has 0 bridgehead atoms. The van der Waals surface area contributed by atoms with Crippen LogP contribution in [0.1, 0.15) is 41.5 Å². The number of hydrogen-bond acceptors (Lipinski definition) is 4. The van der Waals surface area contributed by atoms with Crippen molar-refractivity contribution >= 4 is 5.97 Å². The van der Waals surface area contributed by atoms with Gasteiger partial charge in [0.15, 0.2) is 0 Å². The van der Waals surface area contributed by atoms with Gasteiger partial charge in [-0.25, -0.2) is 0 Å². The minimum atomic E-state index is -0.762. The number of carbonyl (C=O) groups excluding carboxylic acids is 1. The fourth-order valence-corrected chi connectivity index (χ4v) is 1.13. The molecule has 0 aliphatic carbocycles. The van der Waals surface area contributed by atoms with Crippen molar-refractivity contribution in [2.45, 2.75) is 65.3 Å². The van der Waals surface area contributed by atoms with Crippen molar-refractivity contribution in [3.8, 4) is 0 Å². The summed E-state index contributed by atoms with van der Waals surface area (Å²) in [5, 5.41) is 12.4. The molecule has 0 aromatic rings. The predicted molar refractivity (Wildman–Crippen MR) is 59.6 cm³/mol. The number of rotatable bonds is 4. The second-order valence-corrected chi connectivity index (χ2v) is 5.07. The van der Waals surface area contributed by atoms with E-state index < -0.39 is 23.7 Å². The molecule has 0 aliphatic rings. The molecule has 0 heterocycles. The van der Waals surface area contributed by atoms with E-state index in [-0.39, 0.29) is 6.04 Å². The molecule has 0 saturated carbocycles. The first-order chi connectivity index (χ1) is 6.63. The molecule has 0 saturated heterocycles. The third-order valence-corrected chi connectivity index (χ3v) is 1.66. The number of hydrogen-bond donors (Lipinski definition) is 2. The first kappa shape index (κ1) is 14.4. The predicted octanol–water partition coefficient (Wildman–Crippen LogP) is 1.08. The van der Waals surface area contributed by atoms with Crippen LogP contribution in [0.2, 0.25) is 0 Å². The van der Waals surface area contributed by atoms with Gasteiger partial charge in [-0.2, -0.15) is 0 Å². The minimum Gasteiger partial charge on any atom is -0.459 e. The van der Waals surface area contributed by atoms with E-state index in [0.29, 0.717) is 0 Å². The third-order valence-electron chi connectivity index (χ3n) is 1.66. The molecule has 0 aliphatic heterocycles. The molecule has 90 valence electrons. The zero-order valence-corrected chi connectivity index (χ0v) is 10.5. The molecule has 0 spiro atoms. The Balaban J connectivity index is 4.43. The summed E-state index contributed by atoms with van der Waals surface area (Å²) in [5.74, 6) is -0.411. The Hall–Kier alpha value is -0.610. The maximum absolute atomic E-state index is 11.7. The highest BCUT2D eigenvalue weighted by Crippen LogP contribution is 2.10. The van der Waals surface area contributed by atoms with E-state index in [4.69, 9.17) is 4.74 Å². The lowest BCUT2D eigenvalue weighted by atomic mass is 10.1. The molecule has 4 nitrogen and oxygen atoms in total. The maximum atomic E-state index is 11.7. The van der Waals surface area contributed by atoms with Crippen LogP contribution in [0.5, 0.6) is 0 Å². The molecule has 15 heavy (non-hydrogen) atoms. The van der Waals surface area contributed by atoms with Gasteiger partial charge in [0.25, 0.3) is 0 Å². The Morgan fingerprint density at radius 1 is 1.27 bits per heavy atom. The first-order valence-electron chi connectivity index (χ1n) is 5.30. The molecule has 0 unspecified atom stereocenters. The number of esters is 1. The average molecular weight is 217 g/mol. The molecule has 0 aromatic heterocycles. The van der Waals surface area contributed by atoms with E-state index in [0.717, 1.165) is 0 Å². The second-order valence-electron chi connectivity index (χ2n) is 5.07. The first-order valence-corrected chi connectivity index (χ1v) is 5.30. The monoisotopic (exact) mass is 217 g/mol. The molecule has 0 rings (SSSR count). The van der Waals surface area contributed by atoms with E-state index in [2.05, 4.69) is 5.32 Å². The van der Waals surface area contributed by atoms with Gasteiger partial charge < -0.3 is 15.2 Å². The highest BCUT2D eigenvalue weighted by atomic mass is 16.6. The maximum Gasteiger partial charge on any atom is 0.326 e. The Kier molecular flexibility index (Phi) is 5.24. The van der Waals surface area contributed by atoms with Crippen LogP contribution in [0.25, 0.3) is 0 Å². The SMILES string of the molecule is CC(C)N[C@H](C(=O)OC(C)(C)C)[C@@H](C)O. The molecule has 0 radical (unpaired) electrons. The van der Waals surface area contributed by atoms with Crippen LogP contribution in [-0.4, -0.2) is 34.9 Å². The second kappa shape index (κ2) is 5.47. The fourth-order valence-electron chi connectivity index (χ4n) is 1.13. The van der Waals surface area contributed by atoms with E-state index in [1.165, 1.54) is 0 Å². The van der Waals surface area contributed by atoms with Crippen LogP contribution in [-0.2, 0) is 9.53 Å². The largest absolute Gasteiger partial charge is 0.459 e. The van der Waals surface area contributed by atoms with Crippen molar-refractivity contribution in [1.29, 1.82) is 0 Å². The van der Waals surface area contributed by atoms with Crippen LogP contribution >= 0.6 is 0 Å². The van der Waals surface area contributed by atoms with Crippen LogP contribution in [0.15, 0.2) is 0 Å². The number of nitrogens with one attached hydrogen (secondary N) is 1. The Morgan fingerprint density at radius 2 is 1.73 bits per heavy atom. The van der Waals surface area contributed by atoms with Gasteiger partial charge in [-0.15, -0.1) is 0 Å². The summed E-state index contributed by atoms with van der Waals surface area (Å²) >= 11 is 0. The Bertz CT molecular complexity index is 206. The summed E-state index contributed by atoms with van der Waals surface area (Å²) in [5.41, 5.74) is -0.525. The number of aliphatic hydroxyl groups is 1. The molecule has 0 fully saturated rings. The molecule has 2 atom stereocenters. The van der Waals surface area contributed by atoms with Crippen LogP contribution in [0.4, 0.5) is 0 Å². The minimum absolute atomic E-state index is 0.122. The smallest absolute Gasteiger partial charge is 0.326 e. The molecule has 2 N–H and O–H groups in total. The van der Waals surface area contributed by atoms with E-state index in [9.17, 15) is 9.90 Å². The molecule has 0 amide bonds. The van der Waals surface area contributed by atoms with Crippen LogP contribution in [0, 0.1) is 0 Å². The highest BCUT2D eigenvalue weighted by Gasteiger charge is 2.28. The van der Waals surface area contributed by atoms with Gasteiger partial charge in [0.05, 0.1) is 6.10 Å². The third kappa shape index (κ3) is 6.47. The van der Waals surface area contributed by atoms with Crippen molar-refractivity contribution in [1.82, 2.24) is 5.32 Å². The summed E-state index contributed by atoms with van der Waals surface area (Å²) < 4.78 is 5.20. The molecular formula is C11H23NO3. The van der Waals surface area contributed by atoms with E-state index >= 15 is 0 Å². The molecular weight excluding hydrogens is 194 g/mol. The molecule has 4 heteroatoms. The zero-order chi connectivity index (χ0) is 12.2. The summed E-state index contributed by atoms with van der Waals surface area (Å²) in [7, 11) is 0. The summed E-state index contributed by atoms with van der Waals surface area (Å²) in [4.78, 5) is 11.7. The average Bonchev–Trinajstić information content (AvgIpc) is 1.95. The van der Waals surface area contributed by atoms with Crippen molar-refractivity contribution in [3.63, 3.8) is 0 Å². The van der Waals surface area contributed by atoms with Gasteiger partial charge in [-0.1, -0.05) is 13.8 Å². The quantitative estimate of drug-likeness (QED) is 0.692. The van der Waals surface area contributed by atoms with Gasteiger partial charge in [0.2, 0.25) is 0 Å². The molecule has 0 aromatic carbocycles. The summed E-state index contributed by atoms with van der Waals surface area (Å²) in [6, 6.07) is -0.540. The van der Waals surface area contributed by atoms with E-state index in [1.54, 1.807) is 27.7 Å². The van der Waals surface area contributed by atoms with Crippen LogP contribution in [0.3, 0.4) is 0 Å². The topological polar surface area (TPSA) is 58.6 Å². The van der Waals surface area contributed by atoms with Gasteiger partial charge in [0, 0.05) is 6.04 Å². The van der Waals surface area contributed by atoms with Gasteiger partial charge in [0.1, 0.15) is 11.6 Å². The van der Waals surface area contributed by atoms with Gasteiger partial charge >= 0.3 is 5.97 Å². The normalized spacial score (nSPS) is 16.3. The summed E-state index contributed by atoms with van der Waals surface area (Å²) in [6.07, 6.45) is -0.762. The lowest BCUT2D eigenvalue weighted by Crippen LogP contribution is -2.50. The summed E-state index contributed by atoms with van der Waals surface area (Å²) in [6.45, 7) is 10.8. The lowest BCUT2D eigenvalue weighted by molar-refractivity contribution is -0.160. The Labute approximate surface area is 92.0 Å². The van der Waals surface area contributed by atoms with Crippen molar-refractivity contribution in [2.75, 3.05) is 0 Å². The van der Waals surface area contributed by atoms with Crippen molar-refractivity contribution < 1.29 is 14.6 Å². The Morgan fingerprint density at radius 3 is 2.00 bits per heavy atom. The van der Waals surface area contributed by atoms with E-state index in [1.807, 2.05) is 13.8 Å². The zero-order valence-electron chi connectivity index (χ0n) is 10.5.